The minimum atomic E-state index is -4.64. The summed E-state index contributed by atoms with van der Waals surface area (Å²) in [7, 11) is -4.64. The molecule has 0 aliphatic carbocycles. The average molecular weight is 381 g/mol. The van der Waals surface area contributed by atoms with Crippen LogP contribution in [0.15, 0.2) is 0 Å². The normalized spacial score (nSPS) is 12.6. The van der Waals surface area contributed by atoms with Gasteiger partial charge in [0.15, 0.2) is 0 Å². The molecule has 1 atom stereocenters. The Morgan fingerprint density at radius 3 is 1.12 bits per heavy atom. The van der Waals surface area contributed by atoms with Crippen LogP contribution in [0.5, 0.6) is 0 Å². The Hall–Kier alpha value is 0.110. The molecule has 0 saturated heterocycles. The van der Waals surface area contributed by atoms with E-state index in [0.717, 1.165) is 5.92 Å². The van der Waals surface area contributed by atoms with Crippen molar-refractivity contribution in [1.82, 2.24) is 0 Å². The SMILES string of the molecule is CCCCCCCCCCC(C)CCCCCCCC.O=P(O)(O)O. The molecule has 0 aromatic carbocycles. The van der Waals surface area contributed by atoms with Crippen LogP contribution in [0, 0.1) is 5.92 Å². The van der Waals surface area contributed by atoms with Crippen LogP contribution < -0.4 is 0 Å². The number of unbranched alkanes of at least 4 members (excludes halogenated alkanes) is 12. The molecule has 0 heterocycles. The molecule has 0 aliphatic rings. The molecule has 0 amide bonds. The molecular weight excluding hydrogens is 335 g/mol. The average Bonchev–Trinajstić information content (AvgIpc) is 2.51. The van der Waals surface area contributed by atoms with Crippen LogP contribution in [0.2, 0.25) is 0 Å². The van der Waals surface area contributed by atoms with Gasteiger partial charge in [-0.25, -0.2) is 4.57 Å². The first-order valence-corrected chi connectivity index (χ1v) is 12.2. The van der Waals surface area contributed by atoms with Crippen molar-refractivity contribution < 1.29 is 19.2 Å². The molecule has 0 aliphatic heterocycles. The van der Waals surface area contributed by atoms with Gasteiger partial charge in [-0.05, 0) is 5.92 Å². The van der Waals surface area contributed by atoms with Gasteiger partial charge in [0.1, 0.15) is 0 Å². The third-order valence-corrected chi connectivity index (χ3v) is 4.60. The Morgan fingerprint density at radius 2 is 0.840 bits per heavy atom. The molecule has 154 valence electrons. The summed E-state index contributed by atoms with van der Waals surface area (Å²) in [5, 5.41) is 0. The molecule has 5 heteroatoms. The third kappa shape index (κ3) is 35.9. The van der Waals surface area contributed by atoms with Gasteiger partial charge in [0.25, 0.3) is 0 Å². The van der Waals surface area contributed by atoms with Crippen LogP contribution >= 0.6 is 7.82 Å². The Kier molecular flexibility index (Phi) is 22.3. The monoisotopic (exact) mass is 380 g/mol. The van der Waals surface area contributed by atoms with Crippen molar-refractivity contribution in [2.75, 3.05) is 0 Å². The highest BCUT2D eigenvalue weighted by atomic mass is 31.2. The minimum Gasteiger partial charge on any atom is -0.303 e. The van der Waals surface area contributed by atoms with E-state index >= 15 is 0 Å². The zero-order valence-corrected chi connectivity index (χ0v) is 18.0. The first kappa shape index (κ1) is 27.3. The van der Waals surface area contributed by atoms with Gasteiger partial charge in [0.2, 0.25) is 0 Å². The van der Waals surface area contributed by atoms with Gasteiger partial charge in [0, 0.05) is 0 Å². The van der Waals surface area contributed by atoms with Gasteiger partial charge in [-0.2, -0.15) is 0 Å². The summed E-state index contributed by atoms with van der Waals surface area (Å²) in [5.74, 6) is 0.973. The second kappa shape index (κ2) is 20.4. The largest absolute Gasteiger partial charge is 0.466 e. The van der Waals surface area contributed by atoms with Crippen molar-refractivity contribution in [3.8, 4) is 0 Å². The van der Waals surface area contributed by atoms with Crippen LogP contribution in [-0.4, -0.2) is 14.7 Å². The van der Waals surface area contributed by atoms with E-state index in [1.807, 2.05) is 0 Å². The lowest BCUT2D eigenvalue weighted by molar-refractivity contribution is 0.275. The second-order valence-corrected chi connectivity index (χ2v) is 8.46. The van der Waals surface area contributed by atoms with Gasteiger partial charge < -0.3 is 14.7 Å². The molecule has 0 saturated carbocycles. The maximum atomic E-state index is 8.88. The fourth-order valence-corrected chi connectivity index (χ4v) is 3.04. The lowest BCUT2D eigenvalue weighted by Gasteiger charge is -2.11. The van der Waals surface area contributed by atoms with E-state index in [0.29, 0.717) is 0 Å². The zero-order valence-electron chi connectivity index (χ0n) is 17.1. The van der Waals surface area contributed by atoms with Crippen LogP contribution in [0.25, 0.3) is 0 Å². The van der Waals surface area contributed by atoms with Gasteiger partial charge >= 0.3 is 7.82 Å². The quantitative estimate of drug-likeness (QED) is 0.199. The highest BCUT2D eigenvalue weighted by Gasteiger charge is 2.02. The molecule has 3 N–H and O–H groups in total. The van der Waals surface area contributed by atoms with Crippen molar-refractivity contribution in [1.29, 1.82) is 0 Å². The fraction of sp³-hybridized carbons (Fsp3) is 1.00. The summed E-state index contributed by atoms with van der Waals surface area (Å²) < 4.78 is 8.88. The Labute approximate surface area is 157 Å². The van der Waals surface area contributed by atoms with Gasteiger partial charge in [-0.1, -0.05) is 124 Å². The molecule has 0 radical (unpaired) electrons. The van der Waals surface area contributed by atoms with Crippen molar-refractivity contribution >= 4 is 7.82 Å². The summed E-state index contributed by atoms with van der Waals surface area (Å²) in [4.78, 5) is 21.6. The minimum absolute atomic E-state index is 0.973. The molecule has 0 fully saturated rings. The molecule has 1 unspecified atom stereocenters. The lowest BCUT2D eigenvalue weighted by Crippen LogP contribution is -1.95. The Balaban J connectivity index is 0. The smallest absolute Gasteiger partial charge is 0.303 e. The zero-order chi connectivity index (χ0) is 19.4. The summed E-state index contributed by atoms with van der Waals surface area (Å²) in [6.07, 6.45) is 23.3. The van der Waals surface area contributed by atoms with Crippen molar-refractivity contribution in [3.05, 3.63) is 0 Å². The van der Waals surface area contributed by atoms with E-state index in [4.69, 9.17) is 19.2 Å². The molecule has 0 aromatic rings. The molecule has 0 rings (SSSR count). The van der Waals surface area contributed by atoms with Gasteiger partial charge in [-0.3, -0.25) is 0 Å². The number of hydrogen-bond donors (Lipinski definition) is 3. The first-order valence-electron chi connectivity index (χ1n) is 10.6. The molecule has 0 spiro atoms. The maximum Gasteiger partial charge on any atom is 0.466 e. The Morgan fingerprint density at radius 1 is 0.600 bits per heavy atom. The first-order chi connectivity index (χ1) is 11.8. The topological polar surface area (TPSA) is 77.8 Å². The molecular formula is C20H45O4P. The highest BCUT2D eigenvalue weighted by molar-refractivity contribution is 7.45. The van der Waals surface area contributed by atoms with Crippen molar-refractivity contribution in [3.63, 3.8) is 0 Å². The van der Waals surface area contributed by atoms with E-state index in [9.17, 15) is 0 Å². The molecule has 0 aromatic heterocycles. The highest BCUT2D eigenvalue weighted by Crippen LogP contribution is 2.25. The summed E-state index contributed by atoms with van der Waals surface area (Å²) in [5.41, 5.74) is 0. The summed E-state index contributed by atoms with van der Waals surface area (Å²) in [6, 6.07) is 0. The fourth-order valence-electron chi connectivity index (χ4n) is 3.04. The van der Waals surface area contributed by atoms with E-state index in [1.54, 1.807) is 0 Å². The van der Waals surface area contributed by atoms with E-state index in [1.165, 1.54) is 103 Å². The van der Waals surface area contributed by atoms with Gasteiger partial charge in [0.05, 0.1) is 0 Å². The molecule has 25 heavy (non-hydrogen) atoms. The molecule has 0 bridgehead atoms. The molecule has 4 nitrogen and oxygen atoms in total. The lowest BCUT2D eigenvalue weighted by atomic mass is 9.96. The third-order valence-electron chi connectivity index (χ3n) is 4.60. The van der Waals surface area contributed by atoms with E-state index in [2.05, 4.69) is 20.8 Å². The predicted octanol–water partition coefficient (Wildman–Crippen LogP) is 6.98. The summed E-state index contributed by atoms with van der Waals surface area (Å²) >= 11 is 0. The van der Waals surface area contributed by atoms with Crippen molar-refractivity contribution in [2.45, 2.75) is 124 Å². The second-order valence-electron chi connectivity index (χ2n) is 7.44. The van der Waals surface area contributed by atoms with Crippen LogP contribution in [0.4, 0.5) is 0 Å². The van der Waals surface area contributed by atoms with Crippen molar-refractivity contribution in [2.24, 2.45) is 5.92 Å². The predicted molar refractivity (Wildman–Crippen MR) is 109 cm³/mol. The van der Waals surface area contributed by atoms with Crippen LogP contribution in [-0.2, 0) is 4.57 Å². The summed E-state index contributed by atoms with van der Waals surface area (Å²) in [6.45, 7) is 7.06. The number of phosphoric acid groups is 1. The van der Waals surface area contributed by atoms with Gasteiger partial charge in [-0.15, -0.1) is 0 Å². The standard InChI is InChI=1S/C20H42.H3O4P/c1-4-6-8-10-12-13-15-17-19-20(3)18-16-14-11-9-7-5-2;1-5(2,3)4/h20H,4-19H2,1-3H3;(H3,1,2,3,4). The van der Waals surface area contributed by atoms with Crippen LogP contribution in [0.3, 0.4) is 0 Å². The van der Waals surface area contributed by atoms with E-state index in [-0.39, 0.29) is 0 Å². The maximum absolute atomic E-state index is 8.88. The number of hydrogen-bond acceptors (Lipinski definition) is 1. The number of rotatable bonds is 16. The Bertz CT molecular complexity index is 283. The van der Waals surface area contributed by atoms with Crippen LogP contribution in [0.1, 0.15) is 124 Å². The van der Waals surface area contributed by atoms with E-state index < -0.39 is 7.82 Å².